The molecule has 2 N–H and O–H groups in total. The van der Waals surface area contributed by atoms with E-state index in [9.17, 15) is 13.2 Å². The van der Waals surface area contributed by atoms with Crippen LogP contribution >= 0.6 is 0 Å². The number of hydrogen-bond donors (Lipinski definition) is 1. The molecule has 0 aliphatic rings. The van der Waals surface area contributed by atoms with Crippen molar-refractivity contribution in [2.24, 2.45) is 0 Å². The van der Waals surface area contributed by atoms with Crippen LogP contribution in [0.1, 0.15) is 17.3 Å². The molecule has 1 heterocycles. The van der Waals surface area contributed by atoms with Gasteiger partial charge >= 0.3 is 5.97 Å². The Balaban J connectivity index is 2.47. The number of carbonyl (C=O) groups is 1. The molecule has 0 atom stereocenters. The van der Waals surface area contributed by atoms with E-state index in [2.05, 4.69) is 5.10 Å². The minimum atomic E-state index is -3.44. The van der Waals surface area contributed by atoms with Gasteiger partial charge in [-0.15, -0.1) is 0 Å². The Kier molecular flexibility index (Phi) is 3.99. The number of benzene rings is 1. The van der Waals surface area contributed by atoms with Gasteiger partial charge in [0.25, 0.3) is 0 Å². The first kappa shape index (κ1) is 15.0. The standard InChI is InChI=1S/C13H15N3O4S/c1-3-20-13(17)9-7-15-16(8-9)10-5-4-6-11(12(10)14)21(2,18)19/h4-8H,3,14H2,1-2H3. The van der Waals surface area contributed by atoms with E-state index in [0.717, 1.165) is 6.26 Å². The number of nitrogens with zero attached hydrogens (tertiary/aromatic N) is 2. The summed E-state index contributed by atoms with van der Waals surface area (Å²) in [5.41, 5.74) is 6.62. The molecule has 0 aliphatic carbocycles. The Morgan fingerprint density at radius 1 is 1.43 bits per heavy atom. The van der Waals surface area contributed by atoms with Crippen LogP contribution in [0.25, 0.3) is 5.69 Å². The van der Waals surface area contributed by atoms with Gasteiger partial charge in [0.05, 0.1) is 34.6 Å². The second-order valence-corrected chi connectivity index (χ2v) is 6.34. The third-order valence-electron chi connectivity index (χ3n) is 2.78. The number of esters is 1. The lowest BCUT2D eigenvalue weighted by atomic mass is 10.2. The molecule has 21 heavy (non-hydrogen) atoms. The number of carbonyl (C=O) groups excluding carboxylic acids is 1. The highest BCUT2D eigenvalue weighted by molar-refractivity contribution is 7.90. The summed E-state index contributed by atoms with van der Waals surface area (Å²) in [6.07, 6.45) is 3.86. The summed E-state index contributed by atoms with van der Waals surface area (Å²) in [7, 11) is -3.44. The minimum absolute atomic E-state index is 0.0215. The topological polar surface area (TPSA) is 104 Å². The highest BCUT2D eigenvalue weighted by Gasteiger charge is 2.17. The maximum Gasteiger partial charge on any atom is 0.341 e. The van der Waals surface area contributed by atoms with Crippen molar-refractivity contribution in [1.29, 1.82) is 0 Å². The molecule has 0 aliphatic heterocycles. The molecule has 0 amide bonds. The number of hydrogen-bond acceptors (Lipinski definition) is 6. The number of aromatic nitrogens is 2. The smallest absolute Gasteiger partial charge is 0.341 e. The van der Waals surface area contributed by atoms with E-state index in [1.165, 1.54) is 23.1 Å². The summed E-state index contributed by atoms with van der Waals surface area (Å²) in [4.78, 5) is 11.6. The highest BCUT2D eigenvalue weighted by atomic mass is 32.2. The maximum absolute atomic E-state index is 11.7. The second kappa shape index (κ2) is 5.57. The van der Waals surface area contributed by atoms with Gasteiger partial charge in [-0.25, -0.2) is 17.9 Å². The summed E-state index contributed by atoms with van der Waals surface area (Å²) in [6, 6.07) is 4.60. The molecular weight excluding hydrogens is 294 g/mol. The van der Waals surface area contributed by atoms with Crippen molar-refractivity contribution in [3.05, 3.63) is 36.2 Å². The van der Waals surface area contributed by atoms with Crippen LogP contribution in [0.5, 0.6) is 0 Å². The van der Waals surface area contributed by atoms with Crippen molar-refractivity contribution < 1.29 is 17.9 Å². The number of nitrogens with two attached hydrogens (primary N) is 1. The van der Waals surface area contributed by atoms with Crippen LogP contribution in [0.15, 0.2) is 35.5 Å². The number of sulfone groups is 1. The van der Waals surface area contributed by atoms with E-state index in [1.54, 1.807) is 19.1 Å². The van der Waals surface area contributed by atoms with Crippen molar-refractivity contribution in [2.45, 2.75) is 11.8 Å². The largest absolute Gasteiger partial charge is 0.462 e. The SMILES string of the molecule is CCOC(=O)c1cnn(-c2cccc(S(C)(=O)=O)c2N)c1. The molecular formula is C13H15N3O4S. The summed E-state index contributed by atoms with van der Waals surface area (Å²) in [5.74, 6) is -0.499. The molecule has 112 valence electrons. The lowest BCUT2D eigenvalue weighted by Gasteiger charge is -2.09. The fraction of sp³-hybridized carbons (Fsp3) is 0.231. The molecule has 0 radical (unpaired) electrons. The van der Waals surface area contributed by atoms with E-state index in [0.29, 0.717) is 5.69 Å². The van der Waals surface area contributed by atoms with Crippen molar-refractivity contribution in [2.75, 3.05) is 18.6 Å². The second-order valence-electron chi connectivity index (χ2n) is 4.36. The van der Waals surface area contributed by atoms with Gasteiger partial charge in [-0.3, -0.25) is 0 Å². The van der Waals surface area contributed by atoms with Gasteiger partial charge in [0.2, 0.25) is 0 Å². The molecule has 1 aromatic heterocycles. The molecule has 0 fully saturated rings. The summed E-state index contributed by atoms with van der Waals surface area (Å²) < 4.78 is 29.5. The van der Waals surface area contributed by atoms with E-state index in [4.69, 9.17) is 10.5 Å². The van der Waals surface area contributed by atoms with E-state index < -0.39 is 15.8 Å². The summed E-state index contributed by atoms with van der Waals surface area (Å²) in [5, 5.41) is 4.01. The number of nitrogen functional groups attached to an aromatic ring is 1. The maximum atomic E-state index is 11.7. The molecule has 0 spiro atoms. The van der Waals surface area contributed by atoms with Crippen LogP contribution in [-0.4, -0.2) is 37.0 Å². The highest BCUT2D eigenvalue weighted by Crippen LogP contribution is 2.25. The van der Waals surface area contributed by atoms with Crippen molar-refractivity contribution in [3.63, 3.8) is 0 Å². The molecule has 2 rings (SSSR count). The van der Waals surface area contributed by atoms with Crippen LogP contribution in [-0.2, 0) is 14.6 Å². The number of rotatable bonds is 4. The van der Waals surface area contributed by atoms with Gasteiger partial charge in [-0.05, 0) is 19.1 Å². The molecule has 0 saturated carbocycles. The Morgan fingerprint density at radius 3 is 2.76 bits per heavy atom. The lowest BCUT2D eigenvalue weighted by molar-refractivity contribution is 0.0526. The quantitative estimate of drug-likeness (QED) is 0.668. The van der Waals surface area contributed by atoms with Crippen LogP contribution < -0.4 is 5.73 Å². The third-order valence-corrected chi connectivity index (χ3v) is 3.94. The third kappa shape index (κ3) is 3.05. The molecule has 0 bridgehead atoms. The molecule has 0 saturated heterocycles. The van der Waals surface area contributed by atoms with Crippen molar-refractivity contribution in [3.8, 4) is 5.69 Å². The molecule has 8 heteroatoms. The van der Waals surface area contributed by atoms with Gasteiger partial charge in [0.1, 0.15) is 0 Å². The van der Waals surface area contributed by atoms with Gasteiger partial charge in [-0.2, -0.15) is 5.10 Å². The first-order valence-electron chi connectivity index (χ1n) is 6.15. The first-order valence-corrected chi connectivity index (χ1v) is 8.04. The van der Waals surface area contributed by atoms with Gasteiger partial charge in [-0.1, -0.05) is 6.07 Å². The molecule has 7 nitrogen and oxygen atoms in total. The summed E-state index contributed by atoms with van der Waals surface area (Å²) >= 11 is 0. The van der Waals surface area contributed by atoms with Crippen LogP contribution in [0, 0.1) is 0 Å². The number of ether oxygens (including phenoxy) is 1. The normalized spacial score (nSPS) is 11.3. The number of para-hydroxylation sites is 1. The zero-order chi connectivity index (χ0) is 15.6. The Bertz CT molecular complexity index is 780. The predicted molar refractivity (Wildman–Crippen MR) is 77.0 cm³/mol. The van der Waals surface area contributed by atoms with E-state index >= 15 is 0 Å². The monoisotopic (exact) mass is 309 g/mol. The van der Waals surface area contributed by atoms with Gasteiger partial charge in [0.15, 0.2) is 9.84 Å². The Hall–Kier alpha value is -2.35. The predicted octanol–water partition coefficient (Wildman–Crippen LogP) is 1.03. The van der Waals surface area contributed by atoms with Crippen molar-refractivity contribution >= 4 is 21.5 Å². The van der Waals surface area contributed by atoms with Crippen LogP contribution in [0.2, 0.25) is 0 Å². The molecule has 1 aromatic carbocycles. The number of anilines is 1. The van der Waals surface area contributed by atoms with Crippen LogP contribution in [0.4, 0.5) is 5.69 Å². The lowest BCUT2D eigenvalue weighted by Crippen LogP contribution is -2.07. The van der Waals surface area contributed by atoms with Crippen LogP contribution in [0.3, 0.4) is 0 Å². The Morgan fingerprint density at radius 2 is 2.14 bits per heavy atom. The minimum Gasteiger partial charge on any atom is -0.462 e. The van der Waals surface area contributed by atoms with E-state index in [-0.39, 0.29) is 22.8 Å². The van der Waals surface area contributed by atoms with Gasteiger partial charge < -0.3 is 10.5 Å². The van der Waals surface area contributed by atoms with E-state index in [1.807, 2.05) is 0 Å². The average Bonchev–Trinajstić information content (AvgIpc) is 2.87. The first-order chi connectivity index (χ1) is 9.84. The fourth-order valence-corrected chi connectivity index (χ4v) is 2.66. The van der Waals surface area contributed by atoms with Gasteiger partial charge in [0, 0.05) is 12.5 Å². The Labute approximate surface area is 122 Å². The molecule has 2 aromatic rings. The molecule has 0 unspecified atom stereocenters. The average molecular weight is 309 g/mol. The summed E-state index contributed by atoms with van der Waals surface area (Å²) in [6.45, 7) is 1.96. The van der Waals surface area contributed by atoms with Crippen molar-refractivity contribution in [1.82, 2.24) is 9.78 Å². The zero-order valence-corrected chi connectivity index (χ0v) is 12.4. The zero-order valence-electron chi connectivity index (χ0n) is 11.6. The fourth-order valence-electron chi connectivity index (χ4n) is 1.83.